The maximum atomic E-state index is 17.3. The summed E-state index contributed by atoms with van der Waals surface area (Å²) in [6.07, 6.45) is 7.14. The lowest BCUT2D eigenvalue weighted by Gasteiger charge is -2.63. The van der Waals surface area contributed by atoms with Crippen LogP contribution in [-0.2, 0) is 14.4 Å². The van der Waals surface area contributed by atoms with Crippen molar-refractivity contribution in [2.24, 2.45) is 34.5 Å². The first-order valence-electron chi connectivity index (χ1n) is 13.0. The zero-order valence-corrected chi connectivity index (χ0v) is 21.6. The Labute approximate surface area is 219 Å². The van der Waals surface area contributed by atoms with Crippen LogP contribution in [0, 0.1) is 34.5 Å². The molecule has 3 saturated carbocycles. The molecule has 0 amide bonds. The Morgan fingerprint density at radius 2 is 2.03 bits per heavy atom. The molecule has 1 aliphatic heterocycles. The fourth-order valence-corrected chi connectivity index (χ4v) is 8.99. The second-order valence-corrected chi connectivity index (χ2v) is 12.7. The molecule has 0 spiro atoms. The molecule has 5 aliphatic carbocycles. The van der Waals surface area contributed by atoms with Crippen LogP contribution in [0.5, 0.6) is 0 Å². The number of aliphatic hydroxyl groups is 1. The molecule has 10 atom stereocenters. The van der Waals surface area contributed by atoms with E-state index in [0.29, 0.717) is 31.0 Å². The number of carbonyl (C=O) groups excluding carboxylic acids is 1. The molecule has 0 bridgehead atoms. The molecule has 6 aliphatic rings. The lowest BCUT2D eigenvalue weighted by atomic mass is 9.44. The fraction of sp³-hybridized carbons (Fsp3) is 0.643. The van der Waals surface area contributed by atoms with Crippen molar-refractivity contribution < 1.29 is 33.4 Å². The zero-order valence-electron chi connectivity index (χ0n) is 20.9. The molecule has 6 nitrogen and oxygen atoms in total. The molecular formula is C28H32ClF2NO5. The first-order valence-corrected chi connectivity index (χ1v) is 13.4. The van der Waals surface area contributed by atoms with Gasteiger partial charge < -0.3 is 10.2 Å². The highest BCUT2D eigenvalue weighted by Crippen LogP contribution is 2.72. The molecule has 0 aromatic heterocycles. The lowest BCUT2D eigenvalue weighted by Crippen LogP contribution is -2.70. The predicted octanol–water partition coefficient (Wildman–Crippen LogP) is 4.30. The fourth-order valence-electron chi connectivity index (χ4n) is 8.83. The average molecular weight is 536 g/mol. The van der Waals surface area contributed by atoms with Crippen LogP contribution >= 0.6 is 11.6 Å². The van der Waals surface area contributed by atoms with Crippen LogP contribution in [-0.4, -0.2) is 63.7 Å². The van der Waals surface area contributed by atoms with Crippen LogP contribution in [0.1, 0.15) is 39.5 Å². The van der Waals surface area contributed by atoms with Gasteiger partial charge in [-0.25, -0.2) is 13.6 Å². The lowest BCUT2D eigenvalue weighted by molar-refractivity contribution is -0.274. The Morgan fingerprint density at radius 3 is 2.70 bits per heavy atom. The third-order valence-electron chi connectivity index (χ3n) is 10.6. The maximum absolute atomic E-state index is 17.3. The summed E-state index contributed by atoms with van der Waals surface area (Å²) in [5.74, 6) is -3.29. The summed E-state index contributed by atoms with van der Waals surface area (Å²) in [5.41, 5.74) is -6.43. The predicted molar refractivity (Wildman–Crippen MR) is 132 cm³/mol. The third-order valence-corrected chi connectivity index (χ3v) is 10.9. The molecule has 6 rings (SSSR count). The van der Waals surface area contributed by atoms with Crippen molar-refractivity contribution >= 4 is 23.4 Å². The van der Waals surface area contributed by atoms with Gasteiger partial charge >= 0.3 is 5.97 Å². The van der Waals surface area contributed by atoms with E-state index in [1.165, 1.54) is 12.2 Å². The van der Waals surface area contributed by atoms with E-state index < -0.39 is 63.9 Å². The number of alkyl halides is 2. The first kappa shape index (κ1) is 25.4. The number of hydroxylamine groups is 2. The molecule has 37 heavy (non-hydrogen) atoms. The number of carboxylic acids is 1. The van der Waals surface area contributed by atoms with Crippen molar-refractivity contribution in [1.29, 1.82) is 0 Å². The second kappa shape index (κ2) is 8.07. The number of allylic oxidation sites excluding steroid dienone is 7. The van der Waals surface area contributed by atoms with E-state index in [4.69, 9.17) is 16.4 Å². The molecule has 9 heteroatoms. The minimum atomic E-state index is -2.24. The van der Waals surface area contributed by atoms with Gasteiger partial charge in [0.05, 0.1) is 6.10 Å². The van der Waals surface area contributed by atoms with Gasteiger partial charge in [0.15, 0.2) is 17.1 Å². The van der Waals surface area contributed by atoms with E-state index in [0.717, 1.165) is 6.08 Å². The van der Waals surface area contributed by atoms with Gasteiger partial charge in [-0.2, -0.15) is 5.06 Å². The van der Waals surface area contributed by atoms with Gasteiger partial charge in [0.2, 0.25) is 0 Å². The molecule has 1 saturated heterocycles. The number of aliphatic hydroxyl groups excluding tert-OH is 1. The Hall–Kier alpha value is -1.87. The number of carbonyl (C=O) groups is 2. The van der Waals surface area contributed by atoms with Crippen LogP contribution in [0.4, 0.5) is 8.78 Å². The van der Waals surface area contributed by atoms with E-state index in [1.807, 2.05) is 18.2 Å². The SMILES string of the molecule is C[C@]12C=CC(=O)C=C1[C@@H](F)C[C@H]1[C@@H]3C[C@H]4CN(CC5C=CC(Cl)=CC5)O[C@@]4(C(=O)O)[C@@]3(C)C[C@H](O)[C@@]12F. The van der Waals surface area contributed by atoms with Gasteiger partial charge in [0.1, 0.15) is 6.17 Å². The van der Waals surface area contributed by atoms with Crippen molar-refractivity contribution in [3.8, 4) is 0 Å². The number of ketones is 1. The highest BCUT2D eigenvalue weighted by atomic mass is 35.5. The monoisotopic (exact) mass is 535 g/mol. The molecule has 0 aromatic carbocycles. The number of hydrogen-bond acceptors (Lipinski definition) is 5. The van der Waals surface area contributed by atoms with Crippen LogP contribution in [0.25, 0.3) is 0 Å². The Kier molecular flexibility index (Phi) is 5.54. The van der Waals surface area contributed by atoms with Crippen molar-refractivity contribution in [3.05, 3.63) is 47.1 Å². The highest BCUT2D eigenvalue weighted by molar-refractivity contribution is 6.31. The van der Waals surface area contributed by atoms with Gasteiger partial charge in [-0.15, -0.1) is 0 Å². The van der Waals surface area contributed by atoms with E-state index in [-0.39, 0.29) is 24.3 Å². The number of halogens is 3. The molecule has 1 heterocycles. The second-order valence-electron chi connectivity index (χ2n) is 12.2. The normalized spacial score (nSPS) is 50.6. The van der Waals surface area contributed by atoms with Gasteiger partial charge in [-0.05, 0) is 68.2 Å². The standard InChI is InChI=1S/C28H32ClF2NO5/c1-25-8-7-18(33)10-21(25)22(30)11-20-19-9-16-14-32(13-15-3-5-17(29)6-4-15)37-28(16,24(35)36)26(19,2)12-23(34)27(20,25)31/h3,5-8,10,15-16,19-20,22-23,34H,4,9,11-14H2,1-2H3,(H,35,36)/t15?,16-,19-,20-,22-,23-,25-,26-,27-,28-/m0/s1. The number of rotatable bonds is 3. The molecule has 2 N–H and O–H groups in total. The van der Waals surface area contributed by atoms with Crippen LogP contribution in [0.2, 0.25) is 0 Å². The maximum Gasteiger partial charge on any atom is 0.339 e. The summed E-state index contributed by atoms with van der Waals surface area (Å²) in [6, 6.07) is 0. The third kappa shape index (κ3) is 3.13. The van der Waals surface area contributed by atoms with Gasteiger partial charge in [0, 0.05) is 40.8 Å². The summed E-state index contributed by atoms with van der Waals surface area (Å²) < 4.78 is 32.9. The van der Waals surface area contributed by atoms with Crippen molar-refractivity contribution in [3.63, 3.8) is 0 Å². The summed E-state index contributed by atoms with van der Waals surface area (Å²) in [5, 5.41) is 24.4. The largest absolute Gasteiger partial charge is 0.479 e. The van der Waals surface area contributed by atoms with Crippen molar-refractivity contribution in [2.45, 2.75) is 63.1 Å². The molecule has 200 valence electrons. The van der Waals surface area contributed by atoms with Crippen molar-refractivity contribution in [2.75, 3.05) is 13.1 Å². The minimum absolute atomic E-state index is 0.0599. The summed E-state index contributed by atoms with van der Waals surface area (Å²) in [7, 11) is 0. The van der Waals surface area contributed by atoms with E-state index in [1.54, 1.807) is 18.9 Å². The smallest absolute Gasteiger partial charge is 0.339 e. The topological polar surface area (TPSA) is 87.1 Å². The van der Waals surface area contributed by atoms with Gasteiger partial charge in [0.25, 0.3) is 0 Å². The van der Waals surface area contributed by atoms with E-state index in [9.17, 15) is 19.8 Å². The average Bonchev–Trinajstić information content (AvgIpc) is 3.31. The summed E-state index contributed by atoms with van der Waals surface area (Å²) in [4.78, 5) is 31.3. The number of fused-ring (bicyclic) bond motifs is 7. The van der Waals surface area contributed by atoms with Crippen LogP contribution in [0.3, 0.4) is 0 Å². The van der Waals surface area contributed by atoms with Crippen LogP contribution < -0.4 is 0 Å². The molecule has 4 fully saturated rings. The summed E-state index contributed by atoms with van der Waals surface area (Å²) in [6.45, 7) is 4.16. The highest BCUT2D eigenvalue weighted by Gasteiger charge is 2.80. The molecule has 0 aromatic rings. The molecular weight excluding hydrogens is 504 g/mol. The number of nitrogens with zero attached hydrogens (tertiary/aromatic N) is 1. The van der Waals surface area contributed by atoms with Gasteiger partial charge in [-0.1, -0.05) is 36.8 Å². The number of carboxylic acid groups (broad SMARTS) is 1. The number of hydrogen-bond donors (Lipinski definition) is 2. The van der Waals surface area contributed by atoms with Crippen molar-refractivity contribution in [1.82, 2.24) is 5.06 Å². The van der Waals surface area contributed by atoms with E-state index >= 15 is 8.78 Å². The van der Waals surface area contributed by atoms with E-state index in [2.05, 4.69) is 0 Å². The first-order chi connectivity index (χ1) is 17.4. The number of aliphatic carboxylic acids is 1. The van der Waals surface area contributed by atoms with Crippen LogP contribution in [0.15, 0.2) is 47.1 Å². The quantitative estimate of drug-likeness (QED) is 0.560. The Bertz CT molecular complexity index is 1190. The Morgan fingerprint density at radius 1 is 1.27 bits per heavy atom. The molecule has 1 unspecified atom stereocenters. The zero-order chi connectivity index (χ0) is 26.5. The Balaban J connectivity index is 1.35. The molecule has 0 radical (unpaired) electrons. The summed E-state index contributed by atoms with van der Waals surface area (Å²) >= 11 is 6.03. The van der Waals surface area contributed by atoms with Gasteiger partial charge in [-0.3, -0.25) is 9.63 Å². The minimum Gasteiger partial charge on any atom is -0.479 e.